The first-order valence-electron chi connectivity index (χ1n) is 18.8. The molecule has 0 N–H and O–H groups in total. The van der Waals surface area contributed by atoms with Gasteiger partial charge in [0.2, 0.25) is 0 Å². The van der Waals surface area contributed by atoms with Crippen LogP contribution in [0.4, 0.5) is 0 Å². The molecule has 5 heteroatoms. The number of nitrogens with zero attached hydrogens (tertiary/aromatic N) is 4. The fourth-order valence-electron chi connectivity index (χ4n) is 7.96. The lowest BCUT2D eigenvalue weighted by atomic mass is 9.95. The molecule has 3 heterocycles. The summed E-state index contributed by atoms with van der Waals surface area (Å²) < 4.78 is 9.08. The molecule has 0 unspecified atom stereocenters. The molecule has 11 aromatic rings. The van der Waals surface area contributed by atoms with E-state index in [1.54, 1.807) is 0 Å². The maximum Gasteiger partial charge on any atom is 0.164 e. The fraction of sp³-hybridized carbons (Fsp3) is 0. The number of hydrogen-bond donors (Lipinski definition) is 0. The van der Waals surface area contributed by atoms with E-state index < -0.39 is 0 Å². The van der Waals surface area contributed by atoms with E-state index in [1.165, 1.54) is 21.8 Å². The van der Waals surface area contributed by atoms with E-state index in [9.17, 15) is 0 Å². The van der Waals surface area contributed by atoms with E-state index >= 15 is 0 Å². The summed E-state index contributed by atoms with van der Waals surface area (Å²) in [7, 11) is 0. The lowest BCUT2D eigenvalue weighted by Crippen LogP contribution is -2.00. The first-order valence-corrected chi connectivity index (χ1v) is 18.8. The van der Waals surface area contributed by atoms with Crippen LogP contribution in [-0.4, -0.2) is 19.5 Å². The Hall–Kier alpha value is -7.63. The Morgan fingerprint density at radius 2 is 0.857 bits per heavy atom. The molecular weight excluding hydrogens is 685 g/mol. The number of rotatable bonds is 6. The van der Waals surface area contributed by atoms with E-state index in [4.69, 9.17) is 19.4 Å². The van der Waals surface area contributed by atoms with Crippen LogP contribution in [0.25, 0.3) is 106 Å². The molecule has 0 radical (unpaired) electrons. The number of furan rings is 1. The molecule has 0 aliphatic rings. The van der Waals surface area contributed by atoms with Crippen LogP contribution >= 0.6 is 0 Å². The minimum atomic E-state index is 0.605. The highest BCUT2D eigenvalue weighted by molar-refractivity contribution is 6.14. The Bertz CT molecular complexity index is 3170. The van der Waals surface area contributed by atoms with Crippen LogP contribution in [-0.2, 0) is 0 Å². The van der Waals surface area contributed by atoms with Crippen LogP contribution in [0.5, 0.6) is 0 Å². The SMILES string of the molecule is c1ccc(-c2nc(-c3ccccc3)nc(-c3ccc4oc5c(-c6ccccc6)cc(-c6ccc7c(c6)c6ccccc6n7-c6ccccc6)cc5c4c3)n2)cc1. The van der Waals surface area contributed by atoms with Crippen molar-refractivity contribution in [3.63, 3.8) is 0 Å². The van der Waals surface area contributed by atoms with Gasteiger partial charge < -0.3 is 8.98 Å². The summed E-state index contributed by atoms with van der Waals surface area (Å²) in [6.45, 7) is 0. The number of fused-ring (bicyclic) bond motifs is 6. The zero-order valence-electron chi connectivity index (χ0n) is 30.2. The van der Waals surface area contributed by atoms with Gasteiger partial charge in [-0.15, -0.1) is 0 Å². The largest absolute Gasteiger partial charge is 0.455 e. The second kappa shape index (κ2) is 13.0. The van der Waals surface area contributed by atoms with Gasteiger partial charge in [0.15, 0.2) is 17.5 Å². The Kier molecular flexibility index (Phi) is 7.42. The normalized spacial score (nSPS) is 11.6. The summed E-state index contributed by atoms with van der Waals surface area (Å²) in [5.74, 6) is 1.86. The van der Waals surface area contributed by atoms with Crippen LogP contribution < -0.4 is 0 Å². The molecule has 0 atom stereocenters. The molecule has 0 aliphatic carbocycles. The summed E-state index contributed by atoms with van der Waals surface area (Å²) in [6.07, 6.45) is 0. The van der Waals surface area contributed by atoms with Gasteiger partial charge in [0.25, 0.3) is 0 Å². The minimum Gasteiger partial charge on any atom is -0.455 e. The molecule has 0 amide bonds. The quantitative estimate of drug-likeness (QED) is 0.172. The highest BCUT2D eigenvalue weighted by Gasteiger charge is 2.19. The molecule has 0 saturated carbocycles. The predicted octanol–water partition coefficient (Wildman–Crippen LogP) is 13.2. The van der Waals surface area contributed by atoms with Crippen molar-refractivity contribution in [2.45, 2.75) is 0 Å². The van der Waals surface area contributed by atoms with Crippen LogP contribution in [0.3, 0.4) is 0 Å². The summed E-state index contributed by atoms with van der Waals surface area (Å²) in [5, 5.41) is 4.46. The van der Waals surface area contributed by atoms with Crippen molar-refractivity contribution in [2.24, 2.45) is 0 Å². The van der Waals surface area contributed by atoms with E-state index in [-0.39, 0.29) is 0 Å². The van der Waals surface area contributed by atoms with Crippen LogP contribution in [0.1, 0.15) is 0 Å². The van der Waals surface area contributed by atoms with Gasteiger partial charge in [0.05, 0.1) is 11.0 Å². The fourth-order valence-corrected chi connectivity index (χ4v) is 7.96. The van der Waals surface area contributed by atoms with E-state index in [1.807, 2.05) is 78.9 Å². The highest BCUT2D eigenvalue weighted by Crippen LogP contribution is 2.42. The van der Waals surface area contributed by atoms with Gasteiger partial charge >= 0.3 is 0 Å². The van der Waals surface area contributed by atoms with Crippen molar-refractivity contribution in [2.75, 3.05) is 0 Å². The van der Waals surface area contributed by atoms with Crippen LogP contribution in [0, 0.1) is 0 Å². The molecule has 56 heavy (non-hydrogen) atoms. The van der Waals surface area contributed by atoms with Crippen molar-refractivity contribution in [1.29, 1.82) is 0 Å². The summed E-state index contributed by atoms with van der Waals surface area (Å²) in [4.78, 5) is 15.0. The van der Waals surface area contributed by atoms with E-state index in [0.717, 1.165) is 66.6 Å². The summed E-state index contributed by atoms with van der Waals surface area (Å²) >= 11 is 0. The lowest BCUT2D eigenvalue weighted by Gasteiger charge is -2.10. The van der Waals surface area contributed by atoms with Crippen molar-refractivity contribution < 1.29 is 4.42 Å². The smallest absolute Gasteiger partial charge is 0.164 e. The molecule has 0 bridgehead atoms. The zero-order valence-corrected chi connectivity index (χ0v) is 30.2. The van der Waals surface area contributed by atoms with Gasteiger partial charge in [0.1, 0.15) is 11.2 Å². The molecule has 8 aromatic carbocycles. The number of hydrogen-bond acceptors (Lipinski definition) is 4. The Balaban J connectivity index is 1.12. The first-order chi connectivity index (χ1) is 27.7. The third kappa shape index (κ3) is 5.37. The highest BCUT2D eigenvalue weighted by atomic mass is 16.3. The molecule has 5 nitrogen and oxygen atoms in total. The zero-order chi connectivity index (χ0) is 37.0. The van der Waals surface area contributed by atoms with Gasteiger partial charge in [-0.05, 0) is 77.4 Å². The average Bonchev–Trinajstić information content (AvgIpc) is 3.82. The average molecular weight is 717 g/mol. The topological polar surface area (TPSA) is 56.7 Å². The third-order valence-electron chi connectivity index (χ3n) is 10.6. The van der Waals surface area contributed by atoms with Crippen molar-refractivity contribution in [3.05, 3.63) is 194 Å². The van der Waals surface area contributed by atoms with Crippen LogP contribution in [0.2, 0.25) is 0 Å². The lowest BCUT2D eigenvalue weighted by molar-refractivity contribution is 0.670. The first kappa shape index (κ1) is 31.9. The predicted molar refractivity (Wildman–Crippen MR) is 229 cm³/mol. The van der Waals surface area contributed by atoms with Crippen molar-refractivity contribution in [3.8, 4) is 62.1 Å². The van der Waals surface area contributed by atoms with Gasteiger partial charge in [-0.1, -0.05) is 133 Å². The van der Waals surface area contributed by atoms with E-state index in [2.05, 4.69) is 120 Å². The molecular formula is C51H32N4O. The van der Waals surface area contributed by atoms with Gasteiger partial charge in [0, 0.05) is 49.5 Å². The summed E-state index contributed by atoms with van der Waals surface area (Å²) in [5.41, 5.74) is 12.3. The number of benzene rings is 8. The van der Waals surface area contributed by atoms with Crippen molar-refractivity contribution >= 4 is 43.7 Å². The molecule has 0 aliphatic heterocycles. The molecule has 0 spiro atoms. The minimum absolute atomic E-state index is 0.605. The van der Waals surface area contributed by atoms with Gasteiger partial charge in [-0.25, -0.2) is 15.0 Å². The maximum absolute atomic E-state index is 6.73. The Morgan fingerprint density at radius 1 is 0.339 bits per heavy atom. The summed E-state index contributed by atoms with van der Waals surface area (Å²) in [6, 6.07) is 67.5. The standard InChI is InChI=1S/C51H32N4O/c1-5-15-33(16-6-1)41-31-38(36-25-27-46-42(29-36)40-23-13-14-24-45(40)55(46)39-21-11-4-12-22-39)32-44-43-30-37(26-28-47(43)56-48(41)44)51-53-49(34-17-7-2-8-18-34)52-50(54-51)35-19-9-3-10-20-35/h1-32H. The van der Waals surface area contributed by atoms with Gasteiger partial charge in [-0.2, -0.15) is 0 Å². The molecule has 11 rings (SSSR count). The molecule has 0 fully saturated rings. The Morgan fingerprint density at radius 3 is 1.54 bits per heavy atom. The third-order valence-corrected chi connectivity index (χ3v) is 10.6. The molecule has 3 aromatic heterocycles. The number of para-hydroxylation sites is 2. The van der Waals surface area contributed by atoms with Gasteiger partial charge in [-0.3, -0.25) is 0 Å². The Labute approximate surface area is 322 Å². The van der Waals surface area contributed by atoms with Crippen LogP contribution in [0.15, 0.2) is 199 Å². The molecule has 0 saturated heterocycles. The second-order valence-electron chi connectivity index (χ2n) is 14.0. The second-order valence-corrected chi connectivity index (χ2v) is 14.0. The van der Waals surface area contributed by atoms with E-state index in [0.29, 0.717) is 17.5 Å². The maximum atomic E-state index is 6.73. The monoisotopic (exact) mass is 716 g/mol. The van der Waals surface area contributed by atoms with Crippen molar-refractivity contribution in [1.82, 2.24) is 19.5 Å². The number of aromatic nitrogens is 4. The molecule has 262 valence electrons.